The van der Waals surface area contributed by atoms with Crippen molar-refractivity contribution in [2.75, 3.05) is 20.1 Å². The van der Waals surface area contributed by atoms with Crippen molar-refractivity contribution in [3.63, 3.8) is 0 Å². The Kier molecular flexibility index (Phi) is 2.09. The maximum Gasteiger partial charge on any atom is 0.321 e. The summed E-state index contributed by atoms with van der Waals surface area (Å²) in [7, 11) is 1.56. The van der Waals surface area contributed by atoms with Gasteiger partial charge in [0.25, 0.3) is 0 Å². The minimum atomic E-state index is -0.242. The molecule has 0 fully saturated rings. The molecule has 0 bridgehead atoms. The zero-order chi connectivity index (χ0) is 7.40. The molecule has 0 saturated heterocycles. The Hall–Kier alpha value is -1.26. The van der Waals surface area contributed by atoms with E-state index in [-0.39, 0.29) is 6.03 Å². The quantitative estimate of drug-likeness (QED) is 0.401. The lowest BCUT2D eigenvalue weighted by Crippen LogP contribution is -2.42. The summed E-state index contributed by atoms with van der Waals surface area (Å²) in [5.74, 6) is 0.555. The van der Waals surface area contributed by atoms with E-state index in [0.717, 1.165) is 13.1 Å². The minimum absolute atomic E-state index is 0.242. The van der Waals surface area contributed by atoms with Crippen LogP contribution in [0.25, 0.3) is 0 Å². The van der Waals surface area contributed by atoms with Crippen molar-refractivity contribution in [2.45, 2.75) is 0 Å². The van der Waals surface area contributed by atoms with Crippen LogP contribution in [0.3, 0.4) is 0 Å². The standard InChI is InChI=1S/C5H10N4O/c1-6-5(10)9-4-7-2-3-8-4/h2-3H2,1H3,(H3,6,7,8,9,10). The lowest BCUT2D eigenvalue weighted by molar-refractivity contribution is 0.247. The fourth-order valence-corrected chi connectivity index (χ4v) is 0.652. The van der Waals surface area contributed by atoms with Gasteiger partial charge in [0.2, 0.25) is 0 Å². The van der Waals surface area contributed by atoms with Crippen molar-refractivity contribution in [1.29, 1.82) is 0 Å². The number of urea groups is 1. The van der Waals surface area contributed by atoms with E-state index < -0.39 is 0 Å². The van der Waals surface area contributed by atoms with Crippen LogP contribution in [0.1, 0.15) is 0 Å². The third-order valence-corrected chi connectivity index (χ3v) is 1.13. The number of nitrogens with zero attached hydrogens (tertiary/aromatic N) is 1. The van der Waals surface area contributed by atoms with Crippen molar-refractivity contribution >= 4 is 12.0 Å². The molecule has 3 N–H and O–H groups in total. The van der Waals surface area contributed by atoms with Gasteiger partial charge in [0.15, 0.2) is 5.96 Å². The van der Waals surface area contributed by atoms with Crippen LogP contribution in [0, 0.1) is 0 Å². The molecule has 0 aromatic heterocycles. The van der Waals surface area contributed by atoms with Gasteiger partial charge in [-0.25, -0.2) is 4.79 Å². The Morgan fingerprint density at radius 2 is 2.60 bits per heavy atom. The van der Waals surface area contributed by atoms with Gasteiger partial charge in [0.05, 0.1) is 6.54 Å². The molecule has 5 heteroatoms. The molecule has 0 aromatic carbocycles. The average molecular weight is 142 g/mol. The molecule has 0 atom stereocenters. The lowest BCUT2D eigenvalue weighted by atomic mass is 10.7. The molecule has 1 aliphatic rings. The Labute approximate surface area is 58.9 Å². The van der Waals surface area contributed by atoms with Crippen LogP contribution >= 0.6 is 0 Å². The summed E-state index contributed by atoms with van der Waals surface area (Å²) in [5, 5.41) is 7.84. The first-order valence-electron chi connectivity index (χ1n) is 3.10. The Bertz CT molecular complexity index is 165. The van der Waals surface area contributed by atoms with Crippen molar-refractivity contribution < 1.29 is 4.79 Å². The van der Waals surface area contributed by atoms with E-state index in [0.29, 0.717) is 5.96 Å². The van der Waals surface area contributed by atoms with Gasteiger partial charge >= 0.3 is 6.03 Å². The van der Waals surface area contributed by atoms with Crippen molar-refractivity contribution in [3.05, 3.63) is 0 Å². The predicted molar refractivity (Wildman–Crippen MR) is 37.9 cm³/mol. The predicted octanol–water partition coefficient (Wildman–Crippen LogP) is -1.13. The van der Waals surface area contributed by atoms with Gasteiger partial charge in [-0.15, -0.1) is 0 Å². The van der Waals surface area contributed by atoms with Crippen molar-refractivity contribution in [3.8, 4) is 0 Å². The Morgan fingerprint density at radius 1 is 1.80 bits per heavy atom. The highest BCUT2D eigenvalue weighted by atomic mass is 16.2. The van der Waals surface area contributed by atoms with Crippen LogP contribution in [-0.2, 0) is 0 Å². The van der Waals surface area contributed by atoms with Gasteiger partial charge in [0.1, 0.15) is 0 Å². The molecule has 0 aliphatic carbocycles. The van der Waals surface area contributed by atoms with Crippen LogP contribution in [0.4, 0.5) is 4.79 Å². The summed E-state index contributed by atoms with van der Waals surface area (Å²) >= 11 is 0. The maximum atomic E-state index is 10.6. The first-order chi connectivity index (χ1) is 4.83. The van der Waals surface area contributed by atoms with E-state index in [4.69, 9.17) is 0 Å². The smallest absolute Gasteiger partial charge is 0.321 e. The molecule has 1 aliphatic heterocycles. The Morgan fingerprint density at radius 3 is 3.10 bits per heavy atom. The summed E-state index contributed by atoms with van der Waals surface area (Å²) in [4.78, 5) is 14.6. The molecule has 1 rings (SSSR count). The fraction of sp³-hybridized carbons (Fsp3) is 0.600. The molecule has 10 heavy (non-hydrogen) atoms. The van der Waals surface area contributed by atoms with E-state index in [2.05, 4.69) is 20.9 Å². The van der Waals surface area contributed by atoms with Crippen LogP contribution in [0.15, 0.2) is 4.99 Å². The zero-order valence-electron chi connectivity index (χ0n) is 5.77. The normalized spacial score (nSPS) is 15.5. The summed E-state index contributed by atoms with van der Waals surface area (Å²) in [5.41, 5.74) is 0. The molecule has 0 spiro atoms. The van der Waals surface area contributed by atoms with Gasteiger partial charge in [0, 0.05) is 13.6 Å². The molecule has 0 saturated carbocycles. The highest BCUT2D eigenvalue weighted by Gasteiger charge is 2.06. The topological polar surface area (TPSA) is 65.5 Å². The third kappa shape index (κ3) is 1.61. The van der Waals surface area contributed by atoms with Crippen LogP contribution < -0.4 is 16.0 Å². The van der Waals surface area contributed by atoms with E-state index in [1.807, 2.05) is 0 Å². The fourth-order valence-electron chi connectivity index (χ4n) is 0.652. The van der Waals surface area contributed by atoms with Gasteiger partial charge in [-0.1, -0.05) is 0 Å². The zero-order valence-corrected chi connectivity index (χ0v) is 5.77. The molecule has 0 radical (unpaired) electrons. The van der Waals surface area contributed by atoms with Gasteiger partial charge in [-0.2, -0.15) is 0 Å². The summed E-state index contributed by atoms with van der Waals surface area (Å²) in [6.07, 6.45) is 0. The van der Waals surface area contributed by atoms with Crippen LogP contribution in [0.5, 0.6) is 0 Å². The largest absolute Gasteiger partial charge is 0.354 e. The number of nitrogens with one attached hydrogen (secondary N) is 3. The van der Waals surface area contributed by atoms with Gasteiger partial charge in [-0.3, -0.25) is 10.3 Å². The number of rotatable bonds is 0. The summed E-state index contributed by atoms with van der Waals surface area (Å²) in [6.45, 7) is 1.54. The SMILES string of the molecule is CNC(=O)NC1=NCCN1. The first-order valence-corrected chi connectivity index (χ1v) is 3.10. The molecule has 56 valence electrons. The molecule has 0 unspecified atom stereocenters. The number of amides is 2. The van der Waals surface area contributed by atoms with Crippen molar-refractivity contribution in [2.24, 2.45) is 4.99 Å². The number of carbonyl (C=O) groups is 1. The minimum Gasteiger partial charge on any atom is -0.354 e. The number of hydrogen-bond donors (Lipinski definition) is 3. The number of carbonyl (C=O) groups excluding carboxylic acids is 1. The number of hydrogen-bond acceptors (Lipinski definition) is 3. The Balaban J connectivity index is 2.30. The van der Waals surface area contributed by atoms with E-state index in [1.54, 1.807) is 7.05 Å². The van der Waals surface area contributed by atoms with Gasteiger partial charge in [-0.05, 0) is 0 Å². The molecule has 0 aromatic rings. The van der Waals surface area contributed by atoms with E-state index in [1.165, 1.54) is 0 Å². The van der Waals surface area contributed by atoms with Gasteiger partial charge < -0.3 is 10.6 Å². The third-order valence-electron chi connectivity index (χ3n) is 1.13. The lowest BCUT2D eigenvalue weighted by Gasteiger charge is -2.02. The van der Waals surface area contributed by atoms with Crippen LogP contribution in [-0.4, -0.2) is 32.1 Å². The maximum absolute atomic E-state index is 10.6. The van der Waals surface area contributed by atoms with Crippen LogP contribution in [0.2, 0.25) is 0 Å². The second kappa shape index (κ2) is 3.05. The monoisotopic (exact) mass is 142 g/mol. The summed E-state index contributed by atoms with van der Waals surface area (Å²) < 4.78 is 0. The molecule has 5 nitrogen and oxygen atoms in total. The number of guanidine groups is 1. The first kappa shape index (κ1) is 6.85. The van der Waals surface area contributed by atoms with E-state index >= 15 is 0 Å². The average Bonchev–Trinajstić information content (AvgIpc) is 2.40. The molecular weight excluding hydrogens is 132 g/mol. The molecule has 1 heterocycles. The molecule has 2 amide bonds. The number of aliphatic imine (C=N–C) groups is 1. The highest BCUT2D eigenvalue weighted by molar-refractivity contribution is 5.96. The van der Waals surface area contributed by atoms with E-state index in [9.17, 15) is 4.79 Å². The second-order valence-corrected chi connectivity index (χ2v) is 1.86. The second-order valence-electron chi connectivity index (χ2n) is 1.86. The molecular formula is C5H10N4O. The van der Waals surface area contributed by atoms with Crippen molar-refractivity contribution in [1.82, 2.24) is 16.0 Å². The highest BCUT2D eigenvalue weighted by Crippen LogP contribution is 1.79. The summed E-state index contributed by atoms with van der Waals surface area (Å²) in [6, 6.07) is -0.242.